The van der Waals surface area contributed by atoms with Gasteiger partial charge >= 0.3 is 0 Å². The van der Waals surface area contributed by atoms with E-state index in [1.54, 1.807) is 24.4 Å². The first-order chi connectivity index (χ1) is 15.0. The summed E-state index contributed by atoms with van der Waals surface area (Å²) in [4.78, 5) is 31.2. The number of hydrogen-bond donors (Lipinski definition) is 2. The minimum Gasteiger partial charge on any atom is -0.550 e. The maximum absolute atomic E-state index is 13.5. The predicted molar refractivity (Wildman–Crippen MR) is 105 cm³/mol. The Morgan fingerprint density at radius 2 is 1.90 bits per heavy atom. The Kier molecular flexibility index (Phi) is 6.38. The van der Waals surface area contributed by atoms with Crippen LogP contribution in [0.4, 0.5) is 10.3 Å². The van der Waals surface area contributed by atoms with Crippen molar-refractivity contribution in [1.82, 2.24) is 15.3 Å². The molecule has 2 N–H and O–H groups in total. The van der Waals surface area contributed by atoms with E-state index in [0.717, 1.165) is 0 Å². The van der Waals surface area contributed by atoms with Crippen LogP contribution in [0.25, 0.3) is 11.3 Å². The largest absolute Gasteiger partial charge is 0.550 e. The molecule has 0 spiro atoms. The molecule has 9 nitrogen and oxygen atoms in total. The van der Waals surface area contributed by atoms with Gasteiger partial charge in [0.05, 0.1) is 31.0 Å². The summed E-state index contributed by atoms with van der Waals surface area (Å²) in [7, 11) is 0. The van der Waals surface area contributed by atoms with Crippen LogP contribution in [0, 0.1) is 5.82 Å². The molecule has 2 aliphatic rings. The number of anilines is 1. The van der Waals surface area contributed by atoms with E-state index in [4.69, 9.17) is 9.47 Å². The van der Waals surface area contributed by atoms with Gasteiger partial charge in [-0.2, -0.15) is 0 Å². The van der Waals surface area contributed by atoms with Crippen molar-refractivity contribution in [3.63, 3.8) is 0 Å². The lowest BCUT2D eigenvalue weighted by atomic mass is 10.1. The Bertz CT molecular complexity index is 959. The van der Waals surface area contributed by atoms with Crippen LogP contribution in [0.1, 0.15) is 19.3 Å². The van der Waals surface area contributed by atoms with Crippen LogP contribution in [0.2, 0.25) is 0 Å². The predicted octanol–water partition coefficient (Wildman–Crippen LogP) is 0.266. The summed E-state index contributed by atoms with van der Waals surface area (Å²) >= 11 is 0. The van der Waals surface area contributed by atoms with Crippen molar-refractivity contribution < 1.29 is 28.6 Å². The normalized spacial score (nSPS) is 24.5. The topological polar surface area (TPSA) is 126 Å². The summed E-state index contributed by atoms with van der Waals surface area (Å²) in [5.74, 6) is -1.39. The molecule has 1 aromatic heterocycles. The van der Waals surface area contributed by atoms with Crippen molar-refractivity contribution in [1.29, 1.82) is 0 Å². The molecule has 1 amide bonds. The number of aromatic nitrogens is 2. The van der Waals surface area contributed by atoms with E-state index in [2.05, 4.69) is 20.6 Å². The number of carbonyl (C=O) groups excluding carboxylic acids is 2. The number of ether oxygens (including phenoxy) is 2. The van der Waals surface area contributed by atoms with Crippen molar-refractivity contribution >= 4 is 17.8 Å². The molecule has 2 fully saturated rings. The monoisotopic (exact) mass is 429 g/mol. The molecule has 0 saturated carbocycles. The Morgan fingerprint density at radius 3 is 2.68 bits per heavy atom. The molecule has 0 unspecified atom stereocenters. The average molecular weight is 429 g/mol. The molecular weight excluding hydrogens is 407 g/mol. The number of fused-ring (bicyclic) bond motifs is 1. The van der Waals surface area contributed by atoms with E-state index < -0.39 is 5.97 Å². The van der Waals surface area contributed by atoms with Crippen LogP contribution in [-0.4, -0.2) is 59.3 Å². The Balaban J connectivity index is 1.34. The lowest BCUT2D eigenvalue weighted by molar-refractivity contribution is -0.305. The molecule has 3 heterocycles. The molecule has 0 radical (unpaired) electrons. The Hall–Kier alpha value is -3.11. The second-order valence-electron chi connectivity index (χ2n) is 7.52. The van der Waals surface area contributed by atoms with Gasteiger partial charge in [-0.25, -0.2) is 14.4 Å². The minimum absolute atomic E-state index is 0.101. The highest BCUT2D eigenvalue weighted by molar-refractivity contribution is 5.77. The van der Waals surface area contributed by atoms with Crippen LogP contribution in [0.5, 0.6) is 0 Å². The van der Waals surface area contributed by atoms with E-state index in [0.29, 0.717) is 30.4 Å². The van der Waals surface area contributed by atoms with Gasteiger partial charge in [-0.1, -0.05) is 12.1 Å². The van der Waals surface area contributed by atoms with Crippen molar-refractivity contribution in [3.8, 4) is 11.3 Å². The molecule has 2 aliphatic heterocycles. The Labute approximate surface area is 178 Å². The lowest BCUT2D eigenvalue weighted by Crippen LogP contribution is -2.44. The molecule has 2 aromatic rings. The number of benzene rings is 1. The first-order valence-electron chi connectivity index (χ1n) is 10.1. The van der Waals surface area contributed by atoms with Crippen LogP contribution < -0.4 is 15.7 Å². The molecule has 31 heavy (non-hydrogen) atoms. The molecule has 0 bridgehead atoms. The number of carbonyl (C=O) groups is 2. The van der Waals surface area contributed by atoms with E-state index in [1.165, 1.54) is 12.1 Å². The van der Waals surface area contributed by atoms with Gasteiger partial charge in [0.25, 0.3) is 0 Å². The molecule has 10 heteroatoms. The van der Waals surface area contributed by atoms with Crippen molar-refractivity contribution in [2.75, 3.05) is 18.5 Å². The zero-order chi connectivity index (χ0) is 21.8. The number of hydrogen-bond acceptors (Lipinski definition) is 8. The summed E-state index contributed by atoms with van der Waals surface area (Å²) in [6, 6.07) is 7.33. The van der Waals surface area contributed by atoms with Gasteiger partial charge in [0.1, 0.15) is 18.0 Å². The quantitative estimate of drug-likeness (QED) is 0.612. The van der Waals surface area contributed by atoms with E-state index in [1.807, 2.05) is 0 Å². The average Bonchev–Trinajstić information content (AvgIpc) is 3.31. The van der Waals surface area contributed by atoms with Gasteiger partial charge in [-0.15, -0.1) is 0 Å². The van der Waals surface area contributed by atoms with Crippen molar-refractivity contribution in [2.45, 2.75) is 43.6 Å². The fourth-order valence-corrected chi connectivity index (χ4v) is 3.82. The summed E-state index contributed by atoms with van der Waals surface area (Å²) in [6.45, 7) is 0.643. The number of amides is 1. The molecular formula is C21H22FN4O5-. The number of halogens is 1. The highest BCUT2D eigenvalue weighted by Gasteiger charge is 2.48. The molecule has 4 atom stereocenters. The van der Waals surface area contributed by atoms with Crippen LogP contribution in [-0.2, 0) is 19.1 Å². The maximum atomic E-state index is 13.5. The minimum atomic E-state index is -1.17. The summed E-state index contributed by atoms with van der Waals surface area (Å²) in [5, 5.41) is 16.5. The first-order valence-corrected chi connectivity index (χ1v) is 10.1. The second kappa shape index (κ2) is 9.36. The molecule has 0 aliphatic carbocycles. The van der Waals surface area contributed by atoms with Gasteiger partial charge < -0.3 is 30.0 Å². The van der Waals surface area contributed by atoms with E-state index in [9.17, 15) is 19.1 Å². The van der Waals surface area contributed by atoms with Crippen LogP contribution in [0.3, 0.4) is 0 Å². The summed E-state index contributed by atoms with van der Waals surface area (Å²) in [6.07, 6.45) is 1.14. The molecule has 2 saturated heterocycles. The molecule has 164 valence electrons. The third kappa shape index (κ3) is 5.15. The highest BCUT2D eigenvalue weighted by atomic mass is 19.1. The van der Waals surface area contributed by atoms with Gasteiger partial charge in [0, 0.05) is 24.2 Å². The fraction of sp³-hybridized carbons (Fsp3) is 0.429. The standard InChI is InChI=1S/C21H23FN4O5/c22-13-4-1-3-12(9-13)14-7-8-23-21(25-14)26-16-11-31-19-15(10-30-20(16)19)24-17(27)5-2-6-18(28)29/h1,3-4,7-9,15-16,19-20H,2,5-6,10-11H2,(H,24,27)(H,28,29)(H,23,25,26)/p-1/t15-,16-,19+,20+/m0/s1. The molecule has 4 rings (SSSR count). The second-order valence-corrected chi connectivity index (χ2v) is 7.52. The van der Waals surface area contributed by atoms with Gasteiger partial charge in [-0.3, -0.25) is 4.79 Å². The smallest absolute Gasteiger partial charge is 0.223 e. The fourth-order valence-electron chi connectivity index (χ4n) is 3.82. The SMILES string of the molecule is O=C([O-])CCCC(=O)N[C@H]1CO[C@H]2[C@@H]1OC[C@@H]2Nc1nccc(-c2cccc(F)c2)n1. The highest BCUT2D eigenvalue weighted by Crippen LogP contribution is 2.29. The zero-order valence-corrected chi connectivity index (χ0v) is 16.6. The summed E-state index contributed by atoms with van der Waals surface area (Å²) in [5.41, 5.74) is 1.23. The van der Waals surface area contributed by atoms with Gasteiger partial charge in [0.2, 0.25) is 11.9 Å². The van der Waals surface area contributed by atoms with Crippen LogP contribution in [0.15, 0.2) is 36.5 Å². The van der Waals surface area contributed by atoms with Crippen molar-refractivity contribution in [3.05, 3.63) is 42.3 Å². The number of nitrogens with zero attached hydrogens (tertiary/aromatic N) is 2. The van der Waals surface area contributed by atoms with Crippen LogP contribution >= 0.6 is 0 Å². The van der Waals surface area contributed by atoms with Crippen molar-refractivity contribution in [2.24, 2.45) is 0 Å². The lowest BCUT2D eigenvalue weighted by Gasteiger charge is -2.18. The number of carboxylic acids is 1. The zero-order valence-electron chi connectivity index (χ0n) is 16.6. The molecule has 1 aromatic carbocycles. The summed E-state index contributed by atoms with van der Waals surface area (Å²) < 4.78 is 25.2. The van der Waals surface area contributed by atoms with Gasteiger partial charge in [0.15, 0.2) is 0 Å². The number of rotatable bonds is 8. The maximum Gasteiger partial charge on any atom is 0.223 e. The van der Waals surface area contributed by atoms with E-state index in [-0.39, 0.29) is 55.3 Å². The van der Waals surface area contributed by atoms with E-state index >= 15 is 0 Å². The number of nitrogens with one attached hydrogen (secondary N) is 2. The first kappa shape index (κ1) is 21.1. The third-order valence-corrected chi connectivity index (χ3v) is 5.27. The van der Waals surface area contributed by atoms with Gasteiger partial charge in [-0.05, 0) is 31.0 Å². The number of carboxylic acid groups (broad SMARTS) is 1. The Morgan fingerprint density at radius 1 is 1.13 bits per heavy atom. The third-order valence-electron chi connectivity index (χ3n) is 5.27. The number of aliphatic carboxylic acids is 1.